The van der Waals surface area contributed by atoms with Crippen LogP contribution in [0.1, 0.15) is 80.1 Å². The van der Waals surface area contributed by atoms with Crippen LogP contribution >= 0.6 is 11.8 Å². The second kappa shape index (κ2) is 17.5. The van der Waals surface area contributed by atoms with E-state index in [4.69, 9.17) is 0 Å². The lowest BCUT2D eigenvalue weighted by atomic mass is 10.1. The van der Waals surface area contributed by atoms with Crippen LogP contribution in [-0.2, 0) is 14.4 Å². The SMILES string of the molecule is CC(=O)NC(C)CCC(=O)N[C@@H](CSC/C=C(\C)CC/C=C(\C)CCC=C(C)C)C(=O)O. The van der Waals surface area contributed by atoms with Crippen LogP contribution in [0.5, 0.6) is 0 Å². The zero-order chi connectivity index (χ0) is 24.5. The molecule has 0 aliphatic carbocycles. The molecule has 2 atom stereocenters. The molecule has 32 heavy (non-hydrogen) atoms. The fourth-order valence-corrected chi connectivity index (χ4v) is 3.93. The van der Waals surface area contributed by atoms with Crippen molar-refractivity contribution in [2.75, 3.05) is 11.5 Å². The van der Waals surface area contributed by atoms with Gasteiger partial charge in [0, 0.05) is 30.9 Å². The molecule has 0 heterocycles. The highest BCUT2D eigenvalue weighted by Gasteiger charge is 2.20. The molecule has 0 aromatic heterocycles. The summed E-state index contributed by atoms with van der Waals surface area (Å²) in [6.07, 6.45) is 11.5. The molecule has 0 aromatic rings. The number of nitrogens with one attached hydrogen (secondary N) is 2. The van der Waals surface area contributed by atoms with Gasteiger partial charge in [-0.2, -0.15) is 11.8 Å². The van der Waals surface area contributed by atoms with Gasteiger partial charge in [-0.05, 0) is 66.7 Å². The Kier molecular flexibility index (Phi) is 16.4. The van der Waals surface area contributed by atoms with Gasteiger partial charge in [-0.15, -0.1) is 0 Å². The number of carboxylic acid groups (broad SMARTS) is 1. The van der Waals surface area contributed by atoms with Crippen molar-refractivity contribution in [1.29, 1.82) is 0 Å². The zero-order valence-corrected chi connectivity index (χ0v) is 21.4. The van der Waals surface area contributed by atoms with Crippen LogP contribution in [0.15, 0.2) is 34.9 Å². The molecule has 0 bridgehead atoms. The first-order valence-corrected chi connectivity index (χ1v) is 12.5. The third-order valence-electron chi connectivity index (χ3n) is 4.84. The molecule has 0 radical (unpaired) electrons. The minimum atomic E-state index is -1.03. The Bertz CT molecular complexity index is 694. The maximum Gasteiger partial charge on any atom is 0.327 e. The van der Waals surface area contributed by atoms with E-state index in [1.54, 1.807) is 0 Å². The van der Waals surface area contributed by atoms with Crippen LogP contribution in [0.3, 0.4) is 0 Å². The maximum atomic E-state index is 12.0. The summed E-state index contributed by atoms with van der Waals surface area (Å²) in [4.78, 5) is 34.5. The molecule has 0 fully saturated rings. The van der Waals surface area contributed by atoms with Gasteiger partial charge < -0.3 is 15.7 Å². The average molecular weight is 467 g/mol. The quantitative estimate of drug-likeness (QED) is 0.219. The molecule has 0 aliphatic rings. The van der Waals surface area contributed by atoms with E-state index in [1.165, 1.54) is 35.4 Å². The lowest BCUT2D eigenvalue weighted by Gasteiger charge is -2.16. The van der Waals surface area contributed by atoms with Gasteiger partial charge >= 0.3 is 5.97 Å². The number of amides is 2. The second-order valence-corrected chi connectivity index (χ2v) is 9.67. The van der Waals surface area contributed by atoms with E-state index in [0.717, 1.165) is 25.7 Å². The number of carbonyl (C=O) groups is 3. The van der Waals surface area contributed by atoms with Crippen molar-refractivity contribution in [3.8, 4) is 0 Å². The van der Waals surface area contributed by atoms with Crippen LogP contribution < -0.4 is 10.6 Å². The minimum absolute atomic E-state index is 0.125. The molecule has 2 amide bonds. The summed E-state index contributed by atoms with van der Waals surface area (Å²) in [6.45, 7) is 11.8. The molecule has 0 saturated carbocycles. The Labute approximate surface area is 198 Å². The van der Waals surface area contributed by atoms with Crippen molar-refractivity contribution in [1.82, 2.24) is 10.6 Å². The molecule has 0 saturated heterocycles. The Morgan fingerprint density at radius 2 is 1.47 bits per heavy atom. The summed E-state index contributed by atoms with van der Waals surface area (Å²) in [5, 5.41) is 14.7. The molecule has 0 rings (SSSR count). The highest BCUT2D eigenvalue weighted by molar-refractivity contribution is 7.99. The largest absolute Gasteiger partial charge is 0.480 e. The van der Waals surface area contributed by atoms with E-state index < -0.39 is 12.0 Å². The van der Waals surface area contributed by atoms with Gasteiger partial charge in [0.25, 0.3) is 0 Å². The van der Waals surface area contributed by atoms with E-state index in [9.17, 15) is 19.5 Å². The lowest BCUT2D eigenvalue weighted by molar-refractivity contribution is -0.141. The predicted octanol–water partition coefficient (Wildman–Crippen LogP) is 5.01. The summed E-state index contributed by atoms with van der Waals surface area (Å²) in [5.41, 5.74) is 4.06. The van der Waals surface area contributed by atoms with Gasteiger partial charge in [0.1, 0.15) is 6.04 Å². The van der Waals surface area contributed by atoms with Crippen LogP contribution in [0.25, 0.3) is 0 Å². The standard InChI is InChI=1S/C25H42N2O4S/c1-18(2)9-7-10-19(3)11-8-12-20(4)15-16-32-17-23(25(30)31)27-24(29)14-13-21(5)26-22(6)28/h9,11,15,21,23H,7-8,10,12-14,16-17H2,1-6H3,(H,26,28)(H,27,29)(H,30,31)/b19-11+,20-15+/t21?,23-/m0/s1. The van der Waals surface area contributed by atoms with Crippen LogP contribution in [0.2, 0.25) is 0 Å². The van der Waals surface area contributed by atoms with Crippen molar-refractivity contribution in [3.05, 3.63) is 34.9 Å². The first-order valence-electron chi connectivity index (χ1n) is 11.3. The third-order valence-corrected chi connectivity index (χ3v) is 5.82. The lowest BCUT2D eigenvalue weighted by Crippen LogP contribution is -2.43. The van der Waals surface area contributed by atoms with E-state index in [2.05, 4.69) is 56.6 Å². The van der Waals surface area contributed by atoms with Crippen molar-refractivity contribution in [3.63, 3.8) is 0 Å². The Morgan fingerprint density at radius 3 is 2.03 bits per heavy atom. The van der Waals surface area contributed by atoms with Crippen molar-refractivity contribution < 1.29 is 19.5 Å². The minimum Gasteiger partial charge on any atom is -0.480 e. The number of hydrogen-bond donors (Lipinski definition) is 3. The topological polar surface area (TPSA) is 95.5 Å². The summed E-state index contributed by atoms with van der Waals surface area (Å²) >= 11 is 1.50. The van der Waals surface area contributed by atoms with Crippen LogP contribution in [-0.4, -0.2) is 46.5 Å². The van der Waals surface area contributed by atoms with E-state index >= 15 is 0 Å². The maximum absolute atomic E-state index is 12.0. The first kappa shape index (κ1) is 30.0. The molecule has 7 heteroatoms. The molecule has 0 aliphatic heterocycles. The fraction of sp³-hybridized carbons (Fsp3) is 0.640. The summed E-state index contributed by atoms with van der Waals surface area (Å²) in [5.74, 6) is -0.459. The van der Waals surface area contributed by atoms with Gasteiger partial charge in [-0.25, -0.2) is 4.79 Å². The zero-order valence-electron chi connectivity index (χ0n) is 20.6. The molecule has 6 nitrogen and oxygen atoms in total. The molecule has 182 valence electrons. The Balaban J connectivity index is 4.25. The number of thioether (sulfide) groups is 1. The highest BCUT2D eigenvalue weighted by Crippen LogP contribution is 2.13. The van der Waals surface area contributed by atoms with Crippen molar-refractivity contribution in [2.45, 2.75) is 92.2 Å². The second-order valence-electron chi connectivity index (χ2n) is 8.60. The van der Waals surface area contributed by atoms with Crippen molar-refractivity contribution in [2.24, 2.45) is 0 Å². The molecular weight excluding hydrogens is 424 g/mol. The number of carboxylic acids is 1. The summed E-state index contributed by atoms with van der Waals surface area (Å²) in [6, 6.07) is -1.04. The Hall–Kier alpha value is -2.02. The van der Waals surface area contributed by atoms with E-state index in [1.807, 2.05) is 6.92 Å². The molecule has 0 spiro atoms. The number of allylic oxidation sites excluding steroid dienone is 5. The fourth-order valence-electron chi connectivity index (χ4n) is 2.93. The predicted molar refractivity (Wildman–Crippen MR) is 135 cm³/mol. The number of rotatable bonds is 16. The molecule has 1 unspecified atom stereocenters. The normalized spacial score (nSPS) is 13.8. The third kappa shape index (κ3) is 17.6. The molecular formula is C25H42N2O4S. The summed E-state index contributed by atoms with van der Waals surface area (Å²) in [7, 11) is 0. The van der Waals surface area contributed by atoms with Gasteiger partial charge in [0.2, 0.25) is 11.8 Å². The van der Waals surface area contributed by atoms with Gasteiger partial charge in [-0.1, -0.05) is 34.9 Å². The van der Waals surface area contributed by atoms with Gasteiger partial charge in [0.15, 0.2) is 0 Å². The Morgan fingerprint density at radius 1 is 0.875 bits per heavy atom. The van der Waals surface area contributed by atoms with Crippen molar-refractivity contribution >= 4 is 29.5 Å². The average Bonchev–Trinajstić information content (AvgIpc) is 2.67. The highest BCUT2D eigenvalue weighted by atomic mass is 32.2. The van der Waals surface area contributed by atoms with Gasteiger partial charge in [0.05, 0.1) is 0 Å². The monoisotopic (exact) mass is 466 g/mol. The first-order chi connectivity index (χ1) is 15.0. The van der Waals surface area contributed by atoms with E-state index in [0.29, 0.717) is 17.9 Å². The molecule has 3 N–H and O–H groups in total. The number of aliphatic carboxylic acids is 1. The van der Waals surface area contributed by atoms with Gasteiger partial charge in [-0.3, -0.25) is 9.59 Å². The number of hydrogen-bond acceptors (Lipinski definition) is 4. The number of carbonyl (C=O) groups excluding carboxylic acids is 2. The smallest absolute Gasteiger partial charge is 0.327 e. The van der Waals surface area contributed by atoms with E-state index in [-0.39, 0.29) is 24.3 Å². The van der Waals surface area contributed by atoms with Crippen LogP contribution in [0.4, 0.5) is 0 Å². The molecule has 0 aromatic carbocycles. The van der Waals surface area contributed by atoms with Crippen LogP contribution in [0, 0.1) is 0 Å². The summed E-state index contributed by atoms with van der Waals surface area (Å²) < 4.78 is 0.